The fourth-order valence-electron chi connectivity index (χ4n) is 2.11. The Bertz CT molecular complexity index is 872. The molecule has 0 fully saturated rings. The van der Waals surface area contributed by atoms with Crippen molar-refractivity contribution in [2.75, 3.05) is 7.11 Å². The summed E-state index contributed by atoms with van der Waals surface area (Å²) in [6, 6.07) is 10.5. The first-order valence-electron chi connectivity index (χ1n) is 7.39. The summed E-state index contributed by atoms with van der Waals surface area (Å²) in [5.74, 6) is 0.460. The molecule has 3 rings (SSSR count). The average molecular weight is 382 g/mol. The van der Waals surface area contributed by atoms with Crippen LogP contribution in [-0.4, -0.2) is 23.9 Å². The summed E-state index contributed by atoms with van der Waals surface area (Å²) in [5.41, 5.74) is 1.31. The van der Waals surface area contributed by atoms with Gasteiger partial charge in [-0.3, -0.25) is 0 Å². The molecular weight excluding hydrogens is 369 g/mol. The highest BCUT2D eigenvalue weighted by Gasteiger charge is 2.11. The van der Waals surface area contributed by atoms with Crippen molar-refractivity contribution in [3.05, 3.63) is 53.8 Å². The van der Waals surface area contributed by atoms with Gasteiger partial charge < -0.3 is 13.9 Å². The molecule has 5 nitrogen and oxygen atoms in total. The lowest BCUT2D eigenvalue weighted by atomic mass is 10.2. The number of benzene rings is 2. The molecule has 0 N–H and O–H groups in total. The molecule has 0 radical (unpaired) electrons. The summed E-state index contributed by atoms with van der Waals surface area (Å²) >= 11 is 1.25. The van der Waals surface area contributed by atoms with Crippen molar-refractivity contribution >= 4 is 11.8 Å². The molecule has 0 saturated carbocycles. The number of hydrogen-bond donors (Lipinski definition) is 0. The molecule has 0 unspecified atom stereocenters. The second kappa shape index (κ2) is 8.13. The normalized spacial score (nSPS) is 11.0. The summed E-state index contributed by atoms with van der Waals surface area (Å²) in [7, 11) is 1.40. The molecule has 1 aromatic heterocycles. The third-order valence-electron chi connectivity index (χ3n) is 3.31. The van der Waals surface area contributed by atoms with E-state index >= 15 is 0 Å². The Labute approximate surface area is 151 Å². The van der Waals surface area contributed by atoms with Crippen LogP contribution in [0.5, 0.6) is 11.5 Å². The van der Waals surface area contributed by atoms with Crippen molar-refractivity contribution < 1.29 is 27.1 Å². The van der Waals surface area contributed by atoms with Crippen LogP contribution in [0.3, 0.4) is 0 Å². The predicted octanol–water partition coefficient (Wildman–Crippen LogP) is 4.78. The van der Waals surface area contributed by atoms with Crippen molar-refractivity contribution in [3.63, 3.8) is 0 Å². The van der Waals surface area contributed by atoms with E-state index < -0.39 is 12.4 Å². The van der Waals surface area contributed by atoms with E-state index in [9.17, 15) is 13.2 Å². The van der Waals surface area contributed by atoms with Gasteiger partial charge in [0.15, 0.2) is 11.6 Å². The quantitative estimate of drug-likeness (QED) is 0.548. The van der Waals surface area contributed by atoms with Crippen LogP contribution in [0.15, 0.2) is 52.1 Å². The van der Waals surface area contributed by atoms with Crippen molar-refractivity contribution in [3.8, 4) is 23.0 Å². The number of alkyl halides is 2. The summed E-state index contributed by atoms with van der Waals surface area (Å²) < 4.78 is 52.6. The monoisotopic (exact) mass is 382 g/mol. The van der Waals surface area contributed by atoms with E-state index in [2.05, 4.69) is 14.9 Å². The van der Waals surface area contributed by atoms with E-state index in [1.165, 1.54) is 37.1 Å². The maximum atomic E-state index is 13.7. The lowest BCUT2D eigenvalue weighted by Crippen LogP contribution is -2.01. The minimum Gasteiger partial charge on any atom is -0.494 e. The Morgan fingerprint density at radius 1 is 1.12 bits per heavy atom. The van der Waals surface area contributed by atoms with E-state index in [4.69, 9.17) is 9.15 Å². The van der Waals surface area contributed by atoms with Crippen molar-refractivity contribution in [2.45, 2.75) is 17.6 Å². The van der Waals surface area contributed by atoms with Gasteiger partial charge in [0.05, 0.1) is 7.11 Å². The van der Waals surface area contributed by atoms with Crippen LogP contribution in [-0.2, 0) is 5.75 Å². The number of nitrogens with zero attached hydrogens (tertiary/aromatic N) is 2. The number of rotatable bonds is 7. The molecule has 0 amide bonds. The fraction of sp³-hybridized carbons (Fsp3) is 0.176. The number of thioether (sulfide) groups is 1. The maximum Gasteiger partial charge on any atom is 0.387 e. The minimum absolute atomic E-state index is 0.0411. The smallest absolute Gasteiger partial charge is 0.387 e. The van der Waals surface area contributed by atoms with E-state index in [-0.39, 0.29) is 17.4 Å². The molecule has 0 aliphatic rings. The number of methoxy groups -OCH3 is 1. The van der Waals surface area contributed by atoms with Crippen molar-refractivity contribution in [2.24, 2.45) is 0 Å². The zero-order valence-electron chi connectivity index (χ0n) is 13.5. The summed E-state index contributed by atoms with van der Waals surface area (Å²) in [5, 5.41) is 8.13. The van der Waals surface area contributed by atoms with Gasteiger partial charge in [-0.05, 0) is 42.0 Å². The highest BCUT2D eigenvalue weighted by molar-refractivity contribution is 7.98. The fourth-order valence-corrected chi connectivity index (χ4v) is 2.81. The van der Waals surface area contributed by atoms with Crippen molar-refractivity contribution in [1.82, 2.24) is 10.2 Å². The molecule has 26 heavy (non-hydrogen) atoms. The van der Waals surface area contributed by atoms with Gasteiger partial charge in [-0.2, -0.15) is 8.78 Å². The van der Waals surface area contributed by atoms with Gasteiger partial charge in [-0.1, -0.05) is 17.8 Å². The predicted molar refractivity (Wildman–Crippen MR) is 88.9 cm³/mol. The Balaban J connectivity index is 1.63. The molecule has 1 heterocycles. The van der Waals surface area contributed by atoms with Gasteiger partial charge in [0.2, 0.25) is 5.89 Å². The third kappa shape index (κ3) is 4.48. The van der Waals surface area contributed by atoms with Gasteiger partial charge in [0.1, 0.15) is 5.75 Å². The minimum atomic E-state index is -2.88. The first kappa shape index (κ1) is 18.1. The van der Waals surface area contributed by atoms with E-state index in [1.807, 2.05) is 0 Å². The summed E-state index contributed by atoms with van der Waals surface area (Å²) in [6.45, 7) is -2.88. The molecule has 0 aliphatic heterocycles. The highest BCUT2D eigenvalue weighted by Crippen LogP contribution is 2.28. The second-order valence-corrected chi connectivity index (χ2v) is 5.96. The molecule has 136 valence electrons. The standard InChI is InChI=1S/C17H13F3N2O3S/c1-23-14-7-2-10(8-13(14)18)9-26-17-22-21-15(25-17)11-3-5-12(6-4-11)24-16(19)20/h2-8,16H,9H2,1H3. The summed E-state index contributed by atoms with van der Waals surface area (Å²) in [4.78, 5) is 0. The summed E-state index contributed by atoms with van der Waals surface area (Å²) in [6.07, 6.45) is 0. The van der Waals surface area contributed by atoms with Crippen LogP contribution in [0.25, 0.3) is 11.5 Å². The molecule has 9 heteroatoms. The first-order valence-corrected chi connectivity index (χ1v) is 8.37. The van der Waals surface area contributed by atoms with Crippen molar-refractivity contribution in [1.29, 1.82) is 0 Å². The molecule has 0 atom stereocenters. The first-order chi connectivity index (χ1) is 12.5. The van der Waals surface area contributed by atoms with E-state index in [0.29, 0.717) is 16.5 Å². The zero-order valence-corrected chi connectivity index (χ0v) is 14.3. The second-order valence-electron chi connectivity index (χ2n) is 5.03. The van der Waals surface area contributed by atoms with Crippen LogP contribution in [0, 0.1) is 5.82 Å². The number of hydrogen-bond acceptors (Lipinski definition) is 6. The van der Waals surface area contributed by atoms with E-state index in [0.717, 1.165) is 5.56 Å². The van der Waals surface area contributed by atoms with Gasteiger partial charge in [-0.15, -0.1) is 10.2 Å². The topological polar surface area (TPSA) is 57.4 Å². The molecule has 3 aromatic rings. The van der Waals surface area contributed by atoms with Crippen LogP contribution < -0.4 is 9.47 Å². The molecular formula is C17H13F3N2O3S. The van der Waals surface area contributed by atoms with Crippen LogP contribution in [0.4, 0.5) is 13.2 Å². The zero-order chi connectivity index (χ0) is 18.5. The average Bonchev–Trinajstić information content (AvgIpc) is 3.09. The number of aromatic nitrogens is 2. The number of halogens is 3. The maximum absolute atomic E-state index is 13.7. The Kier molecular flexibility index (Phi) is 5.67. The molecule has 0 spiro atoms. The van der Waals surface area contributed by atoms with E-state index in [1.54, 1.807) is 24.3 Å². The molecule has 0 bridgehead atoms. The SMILES string of the molecule is COc1ccc(CSc2nnc(-c3ccc(OC(F)F)cc3)o2)cc1F. The highest BCUT2D eigenvalue weighted by atomic mass is 32.2. The molecule has 2 aromatic carbocycles. The van der Waals surface area contributed by atoms with Crippen LogP contribution >= 0.6 is 11.8 Å². The lowest BCUT2D eigenvalue weighted by molar-refractivity contribution is -0.0498. The Morgan fingerprint density at radius 3 is 2.54 bits per heavy atom. The largest absolute Gasteiger partial charge is 0.494 e. The Morgan fingerprint density at radius 2 is 1.88 bits per heavy atom. The van der Waals surface area contributed by atoms with Gasteiger partial charge in [0.25, 0.3) is 5.22 Å². The van der Waals surface area contributed by atoms with Crippen LogP contribution in [0.2, 0.25) is 0 Å². The molecule has 0 aliphatic carbocycles. The van der Waals surface area contributed by atoms with Gasteiger partial charge in [-0.25, -0.2) is 4.39 Å². The lowest BCUT2D eigenvalue weighted by Gasteiger charge is -2.04. The third-order valence-corrected chi connectivity index (χ3v) is 4.20. The van der Waals surface area contributed by atoms with Gasteiger partial charge in [0, 0.05) is 11.3 Å². The van der Waals surface area contributed by atoms with Crippen LogP contribution in [0.1, 0.15) is 5.56 Å². The Hall–Kier alpha value is -2.68. The van der Waals surface area contributed by atoms with Gasteiger partial charge >= 0.3 is 6.61 Å². The molecule has 0 saturated heterocycles. The number of ether oxygens (including phenoxy) is 2.